The van der Waals surface area contributed by atoms with Crippen molar-refractivity contribution >= 4 is 28.0 Å². The minimum absolute atomic E-state index is 0.336. The maximum absolute atomic E-state index is 10.7. The fraction of sp³-hybridized carbons (Fsp3) is 0.100. The molecule has 0 saturated carbocycles. The molecular formula is C10H9BrO2. The van der Waals surface area contributed by atoms with E-state index in [-0.39, 0.29) is 0 Å². The lowest BCUT2D eigenvalue weighted by Gasteiger charge is -2.03. The van der Waals surface area contributed by atoms with Crippen molar-refractivity contribution in [3.8, 4) is 0 Å². The van der Waals surface area contributed by atoms with Crippen molar-refractivity contribution in [1.82, 2.24) is 0 Å². The molecule has 0 saturated heterocycles. The minimum Gasteiger partial charge on any atom is -0.478 e. The largest absolute Gasteiger partial charge is 0.478 e. The van der Waals surface area contributed by atoms with Crippen LogP contribution < -0.4 is 0 Å². The SMILES string of the molecule is C=Cc1ccc(C(=O)O)c(CBr)c1. The molecule has 68 valence electrons. The first-order chi connectivity index (χ1) is 6.19. The molecule has 0 radical (unpaired) electrons. The van der Waals surface area contributed by atoms with Gasteiger partial charge in [0.25, 0.3) is 0 Å². The Morgan fingerprint density at radius 3 is 2.77 bits per heavy atom. The zero-order valence-corrected chi connectivity index (χ0v) is 8.54. The number of hydrogen-bond donors (Lipinski definition) is 1. The van der Waals surface area contributed by atoms with Gasteiger partial charge >= 0.3 is 5.97 Å². The van der Waals surface area contributed by atoms with E-state index in [4.69, 9.17) is 5.11 Å². The fourth-order valence-electron chi connectivity index (χ4n) is 1.06. The third kappa shape index (κ3) is 2.18. The van der Waals surface area contributed by atoms with Crippen molar-refractivity contribution in [3.63, 3.8) is 0 Å². The second-order valence-electron chi connectivity index (χ2n) is 2.56. The first-order valence-electron chi connectivity index (χ1n) is 3.73. The monoisotopic (exact) mass is 240 g/mol. The number of carboxylic acids is 1. The van der Waals surface area contributed by atoms with Gasteiger partial charge in [0.05, 0.1) is 5.56 Å². The molecule has 1 aromatic rings. The summed E-state index contributed by atoms with van der Waals surface area (Å²) in [5.41, 5.74) is 2.03. The van der Waals surface area contributed by atoms with Crippen LogP contribution in [0.25, 0.3) is 6.08 Å². The van der Waals surface area contributed by atoms with Crippen molar-refractivity contribution in [1.29, 1.82) is 0 Å². The molecule has 1 N–H and O–H groups in total. The standard InChI is InChI=1S/C10H9BrO2/c1-2-7-3-4-9(10(12)13)8(5-7)6-11/h2-5H,1,6H2,(H,12,13). The second kappa shape index (κ2) is 4.23. The number of carboxylic acid groups (broad SMARTS) is 1. The molecule has 1 rings (SSSR count). The number of halogens is 1. The molecule has 0 aromatic heterocycles. The highest BCUT2D eigenvalue weighted by Gasteiger charge is 2.08. The summed E-state index contributed by atoms with van der Waals surface area (Å²) in [6.07, 6.45) is 1.69. The Hall–Kier alpha value is -1.09. The Bertz CT molecular complexity index is 345. The van der Waals surface area contributed by atoms with E-state index in [2.05, 4.69) is 22.5 Å². The highest BCUT2D eigenvalue weighted by Crippen LogP contribution is 2.16. The van der Waals surface area contributed by atoms with Crippen LogP contribution in [-0.2, 0) is 5.33 Å². The molecule has 0 fully saturated rings. The lowest BCUT2D eigenvalue weighted by Crippen LogP contribution is -2.00. The minimum atomic E-state index is -0.898. The molecule has 0 aliphatic rings. The summed E-state index contributed by atoms with van der Waals surface area (Å²) in [6.45, 7) is 3.62. The molecule has 2 nitrogen and oxygen atoms in total. The third-order valence-corrected chi connectivity index (χ3v) is 2.34. The summed E-state index contributed by atoms with van der Waals surface area (Å²) in [6, 6.07) is 5.14. The summed E-state index contributed by atoms with van der Waals surface area (Å²) < 4.78 is 0. The number of hydrogen-bond acceptors (Lipinski definition) is 1. The number of alkyl halides is 1. The molecule has 3 heteroatoms. The van der Waals surface area contributed by atoms with Gasteiger partial charge in [-0.05, 0) is 17.2 Å². The number of benzene rings is 1. The first-order valence-corrected chi connectivity index (χ1v) is 4.85. The molecule has 0 heterocycles. The predicted octanol–water partition coefficient (Wildman–Crippen LogP) is 2.92. The lowest BCUT2D eigenvalue weighted by atomic mass is 10.1. The molecule has 0 aliphatic heterocycles. The first kappa shape index (κ1) is 9.99. The summed E-state index contributed by atoms with van der Waals surface area (Å²) in [5, 5.41) is 9.35. The van der Waals surface area contributed by atoms with Gasteiger partial charge in [-0.25, -0.2) is 4.79 Å². The Balaban J connectivity index is 3.23. The van der Waals surface area contributed by atoms with E-state index in [0.717, 1.165) is 11.1 Å². The van der Waals surface area contributed by atoms with Crippen LogP contribution in [0.4, 0.5) is 0 Å². The quantitative estimate of drug-likeness (QED) is 0.826. The van der Waals surface area contributed by atoms with Crippen LogP contribution in [0.15, 0.2) is 24.8 Å². The summed E-state index contributed by atoms with van der Waals surface area (Å²) >= 11 is 3.24. The molecule has 0 amide bonds. The molecule has 0 spiro atoms. The van der Waals surface area contributed by atoms with Crippen molar-refractivity contribution in [2.45, 2.75) is 5.33 Å². The van der Waals surface area contributed by atoms with E-state index < -0.39 is 5.97 Å². The van der Waals surface area contributed by atoms with Crippen molar-refractivity contribution in [2.24, 2.45) is 0 Å². The van der Waals surface area contributed by atoms with Crippen molar-refractivity contribution < 1.29 is 9.90 Å². The zero-order chi connectivity index (χ0) is 9.84. The molecule has 13 heavy (non-hydrogen) atoms. The smallest absolute Gasteiger partial charge is 0.335 e. The normalized spacial score (nSPS) is 9.62. The van der Waals surface area contributed by atoms with Crippen LogP contribution >= 0.6 is 15.9 Å². The zero-order valence-electron chi connectivity index (χ0n) is 6.96. The summed E-state index contributed by atoms with van der Waals surface area (Å²) in [5.74, 6) is -0.898. The fourth-order valence-corrected chi connectivity index (χ4v) is 1.52. The topological polar surface area (TPSA) is 37.3 Å². The molecule has 0 aliphatic carbocycles. The predicted molar refractivity (Wildman–Crippen MR) is 56.1 cm³/mol. The molecule has 0 unspecified atom stereocenters. The number of carbonyl (C=O) groups is 1. The van der Waals surface area contributed by atoms with Gasteiger partial charge in [0.2, 0.25) is 0 Å². The van der Waals surface area contributed by atoms with Crippen LogP contribution in [0, 0.1) is 0 Å². The van der Waals surface area contributed by atoms with Gasteiger partial charge in [-0.1, -0.05) is 40.7 Å². The Morgan fingerprint density at radius 1 is 1.62 bits per heavy atom. The van der Waals surface area contributed by atoms with E-state index in [1.807, 2.05) is 6.07 Å². The van der Waals surface area contributed by atoms with Gasteiger partial charge in [0.15, 0.2) is 0 Å². The van der Waals surface area contributed by atoms with Gasteiger partial charge in [0.1, 0.15) is 0 Å². The van der Waals surface area contributed by atoms with E-state index in [1.54, 1.807) is 18.2 Å². The molecular weight excluding hydrogens is 232 g/mol. The van der Waals surface area contributed by atoms with E-state index in [0.29, 0.717) is 10.9 Å². The highest BCUT2D eigenvalue weighted by atomic mass is 79.9. The Kier molecular flexibility index (Phi) is 3.25. The Labute approximate surface area is 85.0 Å². The van der Waals surface area contributed by atoms with E-state index in [1.165, 1.54) is 0 Å². The number of aromatic carboxylic acids is 1. The second-order valence-corrected chi connectivity index (χ2v) is 3.12. The van der Waals surface area contributed by atoms with Crippen LogP contribution in [0.3, 0.4) is 0 Å². The van der Waals surface area contributed by atoms with Crippen LogP contribution in [0.1, 0.15) is 21.5 Å². The van der Waals surface area contributed by atoms with Crippen LogP contribution in [0.5, 0.6) is 0 Å². The van der Waals surface area contributed by atoms with Gasteiger partial charge in [-0.2, -0.15) is 0 Å². The van der Waals surface area contributed by atoms with Gasteiger partial charge < -0.3 is 5.11 Å². The van der Waals surface area contributed by atoms with E-state index >= 15 is 0 Å². The summed E-state index contributed by atoms with van der Waals surface area (Å²) in [4.78, 5) is 10.7. The maximum Gasteiger partial charge on any atom is 0.335 e. The number of rotatable bonds is 3. The van der Waals surface area contributed by atoms with E-state index in [9.17, 15) is 4.79 Å². The van der Waals surface area contributed by atoms with Crippen LogP contribution in [0.2, 0.25) is 0 Å². The molecule has 0 bridgehead atoms. The average molecular weight is 241 g/mol. The van der Waals surface area contributed by atoms with Crippen LogP contribution in [-0.4, -0.2) is 11.1 Å². The summed E-state index contributed by atoms with van der Waals surface area (Å²) in [7, 11) is 0. The maximum atomic E-state index is 10.7. The van der Waals surface area contributed by atoms with Gasteiger partial charge in [-0.3, -0.25) is 0 Å². The van der Waals surface area contributed by atoms with Crippen molar-refractivity contribution in [3.05, 3.63) is 41.5 Å². The average Bonchev–Trinajstić information content (AvgIpc) is 2.16. The van der Waals surface area contributed by atoms with Gasteiger partial charge in [0, 0.05) is 5.33 Å². The lowest BCUT2D eigenvalue weighted by molar-refractivity contribution is 0.0696. The van der Waals surface area contributed by atoms with Crippen molar-refractivity contribution in [2.75, 3.05) is 0 Å². The van der Waals surface area contributed by atoms with Gasteiger partial charge in [-0.15, -0.1) is 0 Å². The highest BCUT2D eigenvalue weighted by molar-refractivity contribution is 9.08. The Morgan fingerprint density at radius 2 is 2.31 bits per heavy atom. The molecule has 0 atom stereocenters. The third-order valence-electron chi connectivity index (χ3n) is 1.74. The molecule has 1 aromatic carbocycles.